The van der Waals surface area contributed by atoms with Crippen molar-refractivity contribution >= 4 is 0 Å². The molecule has 0 saturated carbocycles. The van der Waals surface area contributed by atoms with Gasteiger partial charge in [0.1, 0.15) is 0 Å². The molecule has 2 fully saturated rings. The van der Waals surface area contributed by atoms with E-state index in [1.807, 2.05) is 0 Å². The van der Waals surface area contributed by atoms with Crippen LogP contribution in [0.2, 0.25) is 0 Å². The monoisotopic (exact) mass is 268 g/mol. The second-order valence-electron chi connectivity index (χ2n) is 7.06. The number of nitrogens with one attached hydrogen (secondary N) is 1. The zero-order valence-corrected chi connectivity index (χ0v) is 13.3. The Kier molecular flexibility index (Phi) is 5.23. The zero-order chi connectivity index (χ0) is 13.9. The van der Waals surface area contributed by atoms with Crippen molar-refractivity contribution in [1.82, 2.24) is 20.0 Å². The van der Waals surface area contributed by atoms with Crippen molar-refractivity contribution < 1.29 is 0 Å². The molecule has 0 amide bonds. The highest BCUT2D eigenvalue weighted by Crippen LogP contribution is 2.31. The summed E-state index contributed by atoms with van der Waals surface area (Å²) in [5, 5.41) is 3.46. The average Bonchev–Trinajstić information content (AvgIpc) is 2.66. The molecule has 2 saturated heterocycles. The van der Waals surface area contributed by atoms with Gasteiger partial charge < -0.3 is 10.2 Å². The third-order valence-corrected chi connectivity index (χ3v) is 4.72. The highest BCUT2D eigenvalue weighted by molar-refractivity contribution is 4.97. The van der Waals surface area contributed by atoms with E-state index < -0.39 is 0 Å². The van der Waals surface area contributed by atoms with Gasteiger partial charge in [-0.05, 0) is 53.9 Å². The van der Waals surface area contributed by atoms with Crippen molar-refractivity contribution in [3.8, 4) is 0 Å². The summed E-state index contributed by atoms with van der Waals surface area (Å²) in [6.45, 7) is 13.3. The largest absolute Gasteiger partial charge is 0.314 e. The average molecular weight is 268 g/mol. The second kappa shape index (κ2) is 6.53. The summed E-state index contributed by atoms with van der Waals surface area (Å²) in [5.41, 5.74) is 0.377. The maximum atomic E-state index is 3.46. The van der Waals surface area contributed by atoms with Crippen molar-refractivity contribution in [2.24, 2.45) is 0 Å². The van der Waals surface area contributed by atoms with E-state index in [9.17, 15) is 0 Å². The Hall–Kier alpha value is -0.160. The molecule has 0 aromatic heterocycles. The lowest BCUT2D eigenvalue weighted by atomic mass is 9.99. The van der Waals surface area contributed by atoms with Gasteiger partial charge in [0.2, 0.25) is 0 Å². The fraction of sp³-hybridized carbons (Fsp3) is 1.00. The predicted molar refractivity (Wildman–Crippen MR) is 81.7 cm³/mol. The first-order valence-corrected chi connectivity index (χ1v) is 7.83. The van der Waals surface area contributed by atoms with Crippen molar-refractivity contribution in [3.05, 3.63) is 0 Å². The lowest BCUT2D eigenvalue weighted by Gasteiger charge is -2.32. The van der Waals surface area contributed by atoms with Crippen LogP contribution in [0.25, 0.3) is 0 Å². The van der Waals surface area contributed by atoms with Crippen LogP contribution in [0.5, 0.6) is 0 Å². The first-order chi connectivity index (χ1) is 8.99. The molecule has 0 aromatic rings. The quantitative estimate of drug-likeness (QED) is 0.792. The van der Waals surface area contributed by atoms with Gasteiger partial charge in [0.15, 0.2) is 0 Å². The van der Waals surface area contributed by atoms with Crippen LogP contribution in [0.1, 0.15) is 26.7 Å². The molecule has 112 valence electrons. The van der Waals surface area contributed by atoms with Crippen LogP contribution in [0.3, 0.4) is 0 Å². The molecule has 2 aliphatic rings. The number of hydrogen-bond acceptors (Lipinski definition) is 4. The van der Waals surface area contributed by atoms with E-state index in [0.717, 1.165) is 19.1 Å². The Morgan fingerprint density at radius 2 is 1.89 bits per heavy atom. The summed E-state index contributed by atoms with van der Waals surface area (Å²) in [4.78, 5) is 7.70. The molecule has 0 aliphatic carbocycles. The van der Waals surface area contributed by atoms with Crippen molar-refractivity contribution in [2.45, 2.75) is 38.3 Å². The van der Waals surface area contributed by atoms with E-state index >= 15 is 0 Å². The van der Waals surface area contributed by atoms with Gasteiger partial charge >= 0.3 is 0 Å². The first kappa shape index (κ1) is 15.2. The number of nitrogens with zero attached hydrogens (tertiary/aromatic N) is 3. The maximum Gasteiger partial charge on any atom is 0.0241 e. The fourth-order valence-corrected chi connectivity index (χ4v) is 3.54. The summed E-state index contributed by atoms with van der Waals surface area (Å²) < 4.78 is 0. The lowest BCUT2D eigenvalue weighted by molar-refractivity contribution is 0.158. The van der Waals surface area contributed by atoms with E-state index in [-0.39, 0.29) is 0 Å². The normalized spacial score (nSPS) is 29.2. The smallest absolute Gasteiger partial charge is 0.0241 e. The first-order valence-electron chi connectivity index (χ1n) is 7.83. The molecule has 2 aliphatic heterocycles. The third kappa shape index (κ3) is 4.15. The van der Waals surface area contributed by atoms with E-state index in [0.29, 0.717) is 5.54 Å². The summed E-state index contributed by atoms with van der Waals surface area (Å²) >= 11 is 0. The Morgan fingerprint density at radius 1 is 1.21 bits per heavy atom. The standard InChI is InChI=1S/C15H32N4/c1-15(2)12-14(18-10-6-16-7-11-18)13-19(15)9-5-8-17(3)4/h14,16H,5-13H2,1-4H3. The Bertz CT molecular complexity index is 271. The van der Waals surface area contributed by atoms with E-state index in [2.05, 4.69) is 48.0 Å². The van der Waals surface area contributed by atoms with Crippen LogP contribution in [0.15, 0.2) is 0 Å². The number of likely N-dealkylation sites (tertiary alicyclic amines) is 1. The minimum absolute atomic E-state index is 0.377. The maximum absolute atomic E-state index is 3.46. The SMILES string of the molecule is CN(C)CCCN1CC(N2CCNCC2)CC1(C)C. The van der Waals surface area contributed by atoms with Gasteiger partial charge in [0.25, 0.3) is 0 Å². The summed E-state index contributed by atoms with van der Waals surface area (Å²) in [6, 6.07) is 0.774. The van der Waals surface area contributed by atoms with Gasteiger partial charge in [-0.25, -0.2) is 0 Å². The number of hydrogen-bond donors (Lipinski definition) is 1. The molecule has 2 rings (SSSR count). The third-order valence-electron chi connectivity index (χ3n) is 4.72. The van der Waals surface area contributed by atoms with E-state index in [1.54, 1.807) is 0 Å². The van der Waals surface area contributed by atoms with Crippen molar-refractivity contribution in [2.75, 3.05) is 59.9 Å². The second-order valence-corrected chi connectivity index (χ2v) is 7.06. The Labute approximate surface area is 119 Å². The minimum Gasteiger partial charge on any atom is -0.314 e. The van der Waals surface area contributed by atoms with Crippen LogP contribution in [-0.2, 0) is 0 Å². The lowest BCUT2D eigenvalue weighted by Crippen LogP contribution is -2.49. The van der Waals surface area contributed by atoms with Crippen LogP contribution in [0.4, 0.5) is 0 Å². The van der Waals surface area contributed by atoms with Crippen LogP contribution < -0.4 is 5.32 Å². The minimum atomic E-state index is 0.377. The molecule has 19 heavy (non-hydrogen) atoms. The van der Waals surface area contributed by atoms with E-state index in [1.165, 1.54) is 45.6 Å². The predicted octanol–water partition coefficient (Wildman–Crippen LogP) is 0.696. The zero-order valence-electron chi connectivity index (χ0n) is 13.3. The van der Waals surface area contributed by atoms with E-state index in [4.69, 9.17) is 0 Å². The van der Waals surface area contributed by atoms with Gasteiger partial charge in [0.05, 0.1) is 0 Å². The molecular formula is C15H32N4. The molecule has 1 N–H and O–H groups in total. The molecule has 0 aromatic carbocycles. The number of piperazine rings is 1. The molecule has 4 heteroatoms. The highest BCUT2D eigenvalue weighted by Gasteiger charge is 2.40. The van der Waals surface area contributed by atoms with Crippen molar-refractivity contribution in [1.29, 1.82) is 0 Å². The van der Waals surface area contributed by atoms with Gasteiger partial charge in [-0.3, -0.25) is 9.80 Å². The van der Waals surface area contributed by atoms with Crippen LogP contribution >= 0.6 is 0 Å². The van der Waals surface area contributed by atoms with Crippen LogP contribution in [0, 0.1) is 0 Å². The Balaban J connectivity index is 1.83. The van der Waals surface area contributed by atoms with Crippen molar-refractivity contribution in [3.63, 3.8) is 0 Å². The van der Waals surface area contributed by atoms with Gasteiger partial charge in [-0.2, -0.15) is 0 Å². The number of rotatable bonds is 5. The van der Waals surface area contributed by atoms with Gasteiger partial charge in [0, 0.05) is 44.3 Å². The molecular weight excluding hydrogens is 236 g/mol. The molecule has 2 heterocycles. The van der Waals surface area contributed by atoms with Gasteiger partial charge in [-0.1, -0.05) is 0 Å². The molecule has 1 unspecified atom stereocenters. The fourth-order valence-electron chi connectivity index (χ4n) is 3.54. The summed E-state index contributed by atoms with van der Waals surface area (Å²) in [7, 11) is 4.33. The molecule has 1 atom stereocenters. The topological polar surface area (TPSA) is 21.8 Å². The molecule has 4 nitrogen and oxygen atoms in total. The van der Waals surface area contributed by atoms with Crippen LogP contribution in [-0.4, -0.2) is 86.2 Å². The summed E-state index contributed by atoms with van der Waals surface area (Å²) in [6.07, 6.45) is 2.61. The Morgan fingerprint density at radius 3 is 2.53 bits per heavy atom. The molecule has 0 spiro atoms. The highest BCUT2D eigenvalue weighted by atomic mass is 15.3. The molecule has 0 bridgehead atoms. The summed E-state index contributed by atoms with van der Waals surface area (Å²) in [5.74, 6) is 0. The van der Waals surface area contributed by atoms with Gasteiger partial charge in [-0.15, -0.1) is 0 Å². The molecule has 0 radical (unpaired) electrons.